The van der Waals surface area contributed by atoms with E-state index in [2.05, 4.69) is 27.6 Å². The number of ether oxygens (including phenoxy) is 2. The fourth-order valence-corrected chi connectivity index (χ4v) is 7.22. The van der Waals surface area contributed by atoms with Gasteiger partial charge in [-0.15, -0.1) is 0 Å². The number of hydrogen-bond donors (Lipinski definition) is 2. The first-order valence-corrected chi connectivity index (χ1v) is 16.4. The normalized spacial score (nSPS) is 20.8. The first-order valence-electron chi connectivity index (χ1n) is 16.0. The van der Waals surface area contributed by atoms with E-state index in [4.69, 9.17) is 21.1 Å². The highest BCUT2D eigenvalue weighted by Gasteiger charge is 2.47. The van der Waals surface area contributed by atoms with Crippen molar-refractivity contribution in [2.75, 3.05) is 30.1 Å². The van der Waals surface area contributed by atoms with Crippen molar-refractivity contribution >= 4 is 46.6 Å². The zero-order chi connectivity index (χ0) is 34.9. The van der Waals surface area contributed by atoms with Crippen molar-refractivity contribution in [2.24, 2.45) is 5.92 Å². The Kier molecular flexibility index (Phi) is 7.48. The lowest BCUT2D eigenvalue weighted by Crippen LogP contribution is -2.52. The standard InChI is InChI=1S/C34H28ClF3N6O6/c35-23-10-20(34(36,37)38)4-5-24(23)40-32(48)33(8-1-9-33)44-15-18(12-39-44)2-3-19-13-42(14-19)26-11-21-22(28-29(26)50-17-49-28)16-43(31(21)47)25-6-7-27(45)41-30(25)46/h4-5,10-12,15,19,25H,1,6-9,13-14,16-17H2,(H,40,48)(H,41,45,46). The molecule has 258 valence electrons. The molecule has 2 aromatic carbocycles. The van der Waals surface area contributed by atoms with Gasteiger partial charge in [0.2, 0.25) is 18.6 Å². The number of piperidine rings is 1. The van der Waals surface area contributed by atoms with Crippen LogP contribution in [-0.2, 0) is 32.6 Å². The molecule has 1 atom stereocenters. The van der Waals surface area contributed by atoms with Gasteiger partial charge in [-0.05, 0) is 49.9 Å². The van der Waals surface area contributed by atoms with E-state index < -0.39 is 35.1 Å². The highest BCUT2D eigenvalue weighted by atomic mass is 35.5. The first kappa shape index (κ1) is 32.0. The number of nitrogens with zero attached hydrogens (tertiary/aromatic N) is 4. The van der Waals surface area contributed by atoms with Gasteiger partial charge in [-0.2, -0.15) is 18.3 Å². The van der Waals surface area contributed by atoms with Crippen LogP contribution >= 0.6 is 11.6 Å². The lowest BCUT2D eigenvalue weighted by atomic mass is 9.76. The molecule has 1 aliphatic carbocycles. The smallest absolute Gasteiger partial charge is 0.416 e. The Morgan fingerprint density at radius 3 is 2.60 bits per heavy atom. The van der Waals surface area contributed by atoms with E-state index >= 15 is 0 Å². The Hall–Kier alpha value is -5.23. The summed E-state index contributed by atoms with van der Waals surface area (Å²) in [5.41, 5.74) is 0.558. The maximum Gasteiger partial charge on any atom is 0.416 e. The van der Waals surface area contributed by atoms with E-state index in [1.807, 2.05) is 4.90 Å². The van der Waals surface area contributed by atoms with Gasteiger partial charge in [-0.25, -0.2) is 0 Å². The Morgan fingerprint density at radius 2 is 1.90 bits per heavy atom. The molecular formula is C34H28ClF3N6O6. The van der Waals surface area contributed by atoms with Crippen LogP contribution in [0.4, 0.5) is 24.5 Å². The molecule has 1 unspecified atom stereocenters. The van der Waals surface area contributed by atoms with Gasteiger partial charge in [0.1, 0.15) is 11.6 Å². The van der Waals surface area contributed by atoms with Crippen LogP contribution in [0.1, 0.15) is 59.2 Å². The van der Waals surface area contributed by atoms with Crippen LogP contribution in [0.5, 0.6) is 11.5 Å². The van der Waals surface area contributed by atoms with Crippen LogP contribution in [0.15, 0.2) is 36.7 Å². The molecule has 2 N–H and O–H groups in total. The molecule has 3 fully saturated rings. The molecule has 16 heteroatoms. The average molecular weight is 709 g/mol. The van der Waals surface area contributed by atoms with Gasteiger partial charge >= 0.3 is 6.18 Å². The van der Waals surface area contributed by atoms with Crippen molar-refractivity contribution in [3.63, 3.8) is 0 Å². The average Bonchev–Trinajstić information content (AvgIpc) is 3.76. The van der Waals surface area contributed by atoms with Crippen LogP contribution in [0.25, 0.3) is 0 Å². The van der Waals surface area contributed by atoms with E-state index in [1.165, 1.54) is 4.90 Å². The van der Waals surface area contributed by atoms with E-state index in [0.717, 1.165) is 24.6 Å². The predicted octanol–water partition coefficient (Wildman–Crippen LogP) is 4.05. The number of halogens is 4. The largest absolute Gasteiger partial charge is 0.453 e. The topological polar surface area (TPSA) is 135 Å². The maximum absolute atomic E-state index is 13.5. The van der Waals surface area contributed by atoms with Crippen LogP contribution in [0.3, 0.4) is 0 Å². The zero-order valence-corrected chi connectivity index (χ0v) is 27.0. The zero-order valence-electron chi connectivity index (χ0n) is 26.2. The lowest BCUT2D eigenvalue weighted by Gasteiger charge is -2.40. The fraction of sp³-hybridized carbons (Fsp3) is 0.382. The molecule has 0 bridgehead atoms. The van der Waals surface area contributed by atoms with Gasteiger partial charge in [0, 0.05) is 31.3 Å². The number of anilines is 2. The van der Waals surface area contributed by atoms with E-state index in [9.17, 15) is 32.3 Å². The molecule has 50 heavy (non-hydrogen) atoms. The molecule has 12 nitrogen and oxygen atoms in total. The number of benzene rings is 2. The third-order valence-corrected chi connectivity index (χ3v) is 10.3. The van der Waals surface area contributed by atoms with Gasteiger partial charge in [0.15, 0.2) is 11.5 Å². The fourth-order valence-electron chi connectivity index (χ4n) is 6.99. The van der Waals surface area contributed by atoms with Gasteiger partial charge in [-0.1, -0.05) is 23.4 Å². The molecule has 5 aliphatic rings. The number of hydrogen-bond acceptors (Lipinski definition) is 8. The molecule has 4 aliphatic heterocycles. The number of nitrogens with one attached hydrogen (secondary N) is 2. The van der Waals surface area contributed by atoms with Crippen LogP contribution in [-0.4, -0.2) is 64.2 Å². The number of alkyl halides is 3. The van der Waals surface area contributed by atoms with Gasteiger partial charge in [0.25, 0.3) is 11.8 Å². The second-order valence-electron chi connectivity index (χ2n) is 13.0. The van der Waals surface area contributed by atoms with Crippen molar-refractivity contribution in [1.82, 2.24) is 20.0 Å². The van der Waals surface area contributed by atoms with Gasteiger partial charge in [-0.3, -0.25) is 29.2 Å². The molecule has 8 rings (SSSR count). The third-order valence-electron chi connectivity index (χ3n) is 9.94. The van der Waals surface area contributed by atoms with Crippen LogP contribution in [0.2, 0.25) is 5.02 Å². The third kappa shape index (κ3) is 5.29. The summed E-state index contributed by atoms with van der Waals surface area (Å²) >= 11 is 6.07. The molecule has 5 heterocycles. The molecule has 1 saturated carbocycles. The molecule has 4 amide bonds. The molecule has 0 radical (unpaired) electrons. The summed E-state index contributed by atoms with van der Waals surface area (Å²) in [7, 11) is 0. The van der Waals surface area contributed by atoms with Crippen LogP contribution in [0, 0.1) is 17.8 Å². The van der Waals surface area contributed by atoms with Crippen molar-refractivity contribution < 1.29 is 41.8 Å². The summed E-state index contributed by atoms with van der Waals surface area (Å²) in [4.78, 5) is 54.5. The highest BCUT2D eigenvalue weighted by Crippen LogP contribution is 2.50. The van der Waals surface area contributed by atoms with E-state index in [1.54, 1.807) is 23.1 Å². The van der Waals surface area contributed by atoms with Crippen molar-refractivity contribution in [3.05, 3.63) is 63.9 Å². The highest BCUT2D eigenvalue weighted by molar-refractivity contribution is 6.33. The molecule has 1 aromatic heterocycles. The molecule has 2 saturated heterocycles. The number of amides is 4. The summed E-state index contributed by atoms with van der Waals surface area (Å²) in [6.45, 7) is 1.30. The van der Waals surface area contributed by atoms with Crippen LogP contribution < -0.4 is 25.0 Å². The first-order chi connectivity index (χ1) is 23.9. The summed E-state index contributed by atoms with van der Waals surface area (Å²) in [6, 6.07) is 3.82. The Balaban J connectivity index is 0.938. The van der Waals surface area contributed by atoms with Gasteiger partial charge in [0.05, 0.1) is 51.7 Å². The lowest BCUT2D eigenvalue weighted by molar-refractivity contribution is -0.138. The molecular weight excluding hydrogens is 681 g/mol. The SMILES string of the molecule is O=C1CCC(N2Cc3c(cc(N4CC(C#Cc5cnn(C6(C(=O)Nc7ccc(C(F)(F)F)cc7Cl)CCC6)c5)C4)c4c3OCO4)C2=O)C(=O)N1. The quantitative estimate of drug-likeness (QED) is 0.300. The minimum absolute atomic E-state index is 0.00332. The Labute approximate surface area is 287 Å². The van der Waals surface area contributed by atoms with Crippen molar-refractivity contribution in [2.45, 2.75) is 56.4 Å². The number of imide groups is 1. The summed E-state index contributed by atoms with van der Waals surface area (Å²) in [6.07, 6.45) is 0.883. The predicted molar refractivity (Wildman–Crippen MR) is 170 cm³/mol. The number of rotatable bonds is 5. The van der Waals surface area contributed by atoms with Crippen molar-refractivity contribution in [1.29, 1.82) is 0 Å². The minimum Gasteiger partial charge on any atom is -0.453 e. The number of aromatic nitrogens is 2. The summed E-state index contributed by atoms with van der Waals surface area (Å²) in [5, 5.41) is 9.18. The Morgan fingerprint density at radius 1 is 1.12 bits per heavy atom. The number of fused-ring (bicyclic) bond motifs is 3. The van der Waals surface area contributed by atoms with Gasteiger partial charge < -0.3 is 24.6 Å². The monoisotopic (exact) mass is 708 g/mol. The second-order valence-corrected chi connectivity index (χ2v) is 13.4. The van der Waals surface area contributed by atoms with Crippen molar-refractivity contribution in [3.8, 4) is 23.3 Å². The minimum atomic E-state index is -4.56. The van der Waals surface area contributed by atoms with E-state index in [-0.39, 0.29) is 54.6 Å². The maximum atomic E-state index is 13.5. The molecule has 0 spiro atoms. The number of carbonyl (C=O) groups is 4. The summed E-state index contributed by atoms with van der Waals surface area (Å²) < 4.78 is 52.3. The molecule has 3 aromatic rings. The Bertz CT molecular complexity index is 2040. The summed E-state index contributed by atoms with van der Waals surface area (Å²) in [5.74, 6) is 5.82. The second kappa shape index (κ2) is 11.7. The van der Waals surface area contributed by atoms with E-state index in [0.29, 0.717) is 59.8 Å². The number of carbonyl (C=O) groups excluding carboxylic acids is 4.